The Bertz CT molecular complexity index is 102. The Morgan fingerprint density at radius 3 is 3.22 bits per heavy atom. The van der Waals surface area contributed by atoms with Gasteiger partial charge in [-0.2, -0.15) is 0 Å². The van der Waals surface area contributed by atoms with Crippen molar-refractivity contribution in [3.05, 3.63) is 0 Å². The molecule has 54 valence electrons. The first-order valence-corrected chi connectivity index (χ1v) is 3.22. The fourth-order valence-corrected chi connectivity index (χ4v) is 0.916. The van der Waals surface area contributed by atoms with Crippen molar-refractivity contribution in [2.24, 2.45) is 0 Å². The van der Waals surface area contributed by atoms with Crippen molar-refractivity contribution in [3.8, 4) is 0 Å². The lowest BCUT2D eigenvalue weighted by Gasteiger charge is -2.27. The molecule has 0 amide bonds. The number of rotatable bonds is 1. The molecule has 0 radical (unpaired) electrons. The van der Waals surface area contributed by atoms with E-state index in [1.165, 1.54) is 5.31 Å². The molecule has 1 fully saturated rings. The van der Waals surface area contributed by atoms with Crippen LogP contribution in [0.1, 0.15) is 6.92 Å². The summed E-state index contributed by atoms with van der Waals surface area (Å²) >= 11 is 0. The third kappa shape index (κ3) is 1.93. The van der Waals surface area contributed by atoms with E-state index in [9.17, 15) is 0 Å². The van der Waals surface area contributed by atoms with E-state index in [4.69, 9.17) is 11.3 Å². The topological polar surface area (TPSA) is 41.5 Å². The van der Waals surface area contributed by atoms with E-state index >= 15 is 0 Å². The molecule has 1 rings (SSSR count). The van der Waals surface area contributed by atoms with E-state index in [0.717, 1.165) is 0 Å². The highest BCUT2D eigenvalue weighted by Crippen LogP contribution is 2.00. The molecule has 0 saturated carbocycles. The minimum Gasteiger partial charge on any atom is -0.394 e. The summed E-state index contributed by atoms with van der Waals surface area (Å²) in [4.78, 5) is 0. The van der Waals surface area contributed by atoms with Crippen LogP contribution in [0.5, 0.6) is 0 Å². The molecule has 0 aromatic heterocycles. The van der Waals surface area contributed by atoms with Crippen LogP contribution in [0.25, 0.3) is 0 Å². The summed E-state index contributed by atoms with van der Waals surface area (Å²) in [6, 6.07) is 0. The number of nitrogens with one attached hydrogen (secondary N) is 1. The zero-order chi connectivity index (χ0) is 7.56. The molecule has 1 aliphatic rings. The normalized spacial score (nSPS) is 40.4. The quantitative estimate of drug-likeness (QED) is 0.499. The number of hydrogen-bond acceptors (Lipinski definition) is 3. The molecule has 3 nitrogen and oxygen atoms in total. The molecule has 0 aromatic carbocycles. The number of hydrogen-bond donors (Lipinski definition) is 2. The Kier molecular flexibility index (Phi) is 1.98. The lowest BCUT2D eigenvalue weighted by molar-refractivity contribution is -0.0518. The Morgan fingerprint density at radius 2 is 2.67 bits per heavy atom. The van der Waals surface area contributed by atoms with Crippen LogP contribution >= 0.6 is 0 Å². The van der Waals surface area contributed by atoms with Crippen LogP contribution in [0.3, 0.4) is 0 Å². The van der Waals surface area contributed by atoms with Gasteiger partial charge in [0.25, 0.3) is 0 Å². The Labute approximate surface area is 56.5 Å². The van der Waals surface area contributed by atoms with Crippen molar-refractivity contribution in [1.82, 2.24) is 5.31 Å². The van der Waals surface area contributed by atoms with E-state index < -0.39 is 0 Å². The highest BCUT2D eigenvalue weighted by atomic mass is 16.5. The molecule has 1 aliphatic heterocycles. The maximum Gasteiger partial charge on any atom is 0.122 e. The average Bonchev–Trinajstić information content (AvgIpc) is 1.85. The van der Waals surface area contributed by atoms with Crippen LogP contribution in [-0.2, 0) is 4.74 Å². The molecular formula is C6H13NO2. The van der Waals surface area contributed by atoms with Crippen LogP contribution in [0, 0.1) is 0 Å². The van der Waals surface area contributed by atoms with Gasteiger partial charge in [-0.15, -0.1) is 0 Å². The lowest BCUT2D eigenvalue weighted by atomic mass is 10.3. The summed E-state index contributed by atoms with van der Waals surface area (Å²) in [6.45, 7) is 3.07. The highest BCUT2D eigenvalue weighted by molar-refractivity contribution is 4.70. The van der Waals surface area contributed by atoms with Gasteiger partial charge in [0.1, 0.15) is 1.41 Å². The fraction of sp³-hybridized carbons (Fsp3) is 1.00. The van der Waals surface area contributed by atoms with Crippen molar-refractivity contribution < 1.29 is 11.3 Å². The van der Waals surface area contributed by atoms with Crippen molar-refractivity contribution in [2.75, 3.05) is 19.7 Å². The molecule has 2 N–H and O–H groups in total. The smallest absolute Gasteiger partial charge is 0.122 e. The van der Waals surface area contributed by atoms with E-state index in [0.29, 0.717) is 13.1 Å². The molecule has 1 heterocycles. The summed E-state index contributed by atoms with van der Waals surface area (Å²) in [6.07, 6.45) is -0.0929. The van der Waals surface area contributed by atoms with Gasteiger partial charge in [-0.1, -0.05) is 0 Å². The third-order valence-corrected chi connectivity index (χ3v) is 1.35. The number of ether oxygens (including phenoxy) is 1. The van der Waals surface area contributed by atoms with E-state index in [1.54, 1.807) is 0 Å². The van der Waals surface area contributed by atoms with Crippen LogP contribution in [-0.4, -0.2) is 37.0 Å². The molecule has 3 heteroatoms. The second-order valence-corrected chi connectivity index (χ2v) is 2.34. The zero-order valence-electron chi connectivity index (χ0n) is 6.58. The number of aliphatic hydroxyl groups is 1. The molecule has 1 saturated heterocycles. The van der Waals surface area contributed by atoms with Crippen molar-refractivity contribution >= 4 is 0 Å². The predicted molar refractivity (Wildman–Crippen MR) is 34.3 cm³/mol. The SMILES string of the molecule is [3H]N1CC(C)OC(CO)C1. The first-order chi connectivity index (χ1) is 4.72. The average molecular weight is 133 g/mol. The molecule has 0 aliphatic carbocycles. The fourth-order valence-electron chi connectivity index (χ4n) is 0.916. The maximum atomic E-state index is 8.69. The summed E-state index contributed by atoms with van der Waals surface area (Å²) in [7, 11) is 0. The second-order valence-electron chi connectivity index (χ2n) is 2.34. The summed E-state index contributed by atoms with van der Waals surface area (Å²) < 4.78 is 12.6. The van der Waals surface area contributed by atoms with Crippen LogP contribution < -0.4 is 5.31 Å². The van der Waals surface area contributed by atoms with Gasteiger partial charge in [-0.05, 0) is 6.92 Å². The highest BCUT2D eigenvalue weighted by Gasteiger charge is 2.16. The van der Waals surface area contributed by atoms with Crippen LogP contribution in [0.4, 0.5) is 0 Å². The standard InChI is InChI=1S/C6H13NO2/c1-5-2-7-3-6(4-8)9-5/h5-8H,2-4H2,1H3/i/hT. The van der Waals surface area contributed by atoms with Crippen molar-refractivity contribution in [2.45, 2.75) is 19.1 Å². The van der Waals surface area contributed by atoms with E-state index in [2.05, 4.69) is 0 Å². The Morgan fingerprint density at radius 1 is 1.89 bits per heavy atom. The van der Waals surface area contributed by atoms with Gasteiger partial charge in [0.05, 0.1) is 18.8 Å². The summed E-state index contributed by atoms with van der Waals surface area (Å²) in [5, 5.41) is 10.1. The van der Waals surface area contributed by atoms with Gasteiger partial charge < -0.3 is 15.2 Å². The lowest BCUT2D eigenvalue weighted by Crippen LogP contribution is -2.44. The first-order valence-electron chi connectivity index (χ1n) is 3.67. The van der Waals surface area contributed by atoms with Gasteiger partial charge in [0.15, 0.2) is 0 Å². The molecule has 0 aromatic rings. The molecular weight excluding hydrogens is 118 g/mol. The van der Waals surface area contributed by atoms with Gasteiger partial charge in [-0.3, -0.25) is 0 Å². The molecule has 0 spiro atoms. The van der Waals surface area contributed by atoms with Gasteiger partial charge in [0.2, 0.25) is 0 Å². The predicted octanol–water partition coefficient (Wildman–Crippen LogP) is -0.644. The van der Waals surface area contributed by atoms with Crippen molar-refractivity contribution in [1.29, 1.82) is 0 Å². The van der Waals surface area contributed by atoms with E-state index in [1.807, 2.05) is 6.92 Å². The molecule has 2 unspecified atom stereocenters. The molecule has 0 bridgehead atoms. The monoisotopic (exact) mass is 133 g/mol. The maximum absolute atomic E-state index is 8.69. The van der Waals surface area contributed by atoms with Crippen molar-refractivity contribution in [3.63, 3.8) is 0 Å². The Hall–Kier alpha value is -0.120. The first kappa shape index (κ1) is 5.65. The minimum atomic E-state index is -0.166. The zero-order valence-corrected chi connectivity index (χ0v) is 5.58. The summed E-state index contributed by atoms with van der Waals surface area (Å²) in [5.41, 5.74) is 0. The Balaban J connectivity index is 2.35. The van der Waals surface area contributed by atoms with Crippen LogP contribution in [0.2, 0.25) is 1.41 Å². The minimum absolute atomic E-state index is 0.0136. The van der Waals surface area contributed by atoms with E-state index in [-0.39, 0.29) is 18.8 Å². The van der Waals surface area contributed by atoms with Gasteiger partial charge >= 0.3 is 0 Å². The number of aliphatic hydroxyl groups excluding tert-OH is 1. The van der Waals surface area contributed by atoms with Gasteiger partial charge in [0, 0.05) is 13.1 Å². The number of morpholine rings is 1. The second kappa shape index (κ2) is 3.15. The molecule has 2 atom stereocenters. The molecule has 9 heavy (non-hydrogen) atoms. The third-order valence-electron chi connectivity index (χ3n) is 1.35. The van der Waals surface area contributed by atoms with Crippen LogP contribution in [0.15, 0.2) is 0 Å². The largest absolute Gasteiger partial charge is 0.394 e. The summed E-state index contributed by atoms with van der Waals surface area (Å²) in [5.74, 6) is 0. The van der Waals surface area contributed by atoms with Gasteiger partial charge in [-0.25, -0.2) is 0 Å².